The monoisotopic (exact) mass is 300 g/mol. The fraction of sp³-hybridized carbons (Fsp3) is 0.294. The van der Waals surface area contributed by atoms with Crippen LogP contribution in [-0.2, 0) is 6.54 Å². The van der Waals surface area contributed by atoms with Crippen LogP contribution in [0.15, 0.2) is 42.6 Å². The molecule has 5 heteroatoms. The molecule has 0 saturated heterocycles. The Balaban J connectivity index is 2.13. The number of pyridine rings is 1. The van der Waals surface area contributed by atoms with Gasteiger partial charge >= 0.3 is 0 Å². The smallest absolute Gasteiger partial charge is 0.255 e. The van der Waals surface area contributed by atoms with Gasteiger partial charge in [-0.15, -0.1) is 0 Å². The molecule has 0 fully saturated rings. The minimum atomic E-state index is -0.212. The maximum absolute atomic E-state index is 12.4. The first-order valence-corrected chi connectivity index (χ1v) is 7.32. The predicted molar refractivity (Wildman–Crippen MR) is 84.2 cm³/mol. The number of amides is 1. The molecule has 2 rings (SSSR count). The minimum absolute atomic E-state index is 0.212. The molecule has 0 aliphatic heterocycles. The SMILES string of the molecule is CCOc1ccc(OCC)c(C(=O)NCc2ccccn2)c1. The van der Waals surface area contributed by atoms with Gasteiger partial charge in [0, 0.05) is 6.20 Å². The van der Waals surface area contributed by atoms with Gasteiger partial charge in [-0.25, -0.2) is 0 Å². The number of rotatable bonds is 7. The van der Waals surface area contributed by atoms with Crippen molar-refractivity contribution in [3.8, 4) is 11.5 Å². The normalized spacial score (nSPS) is 10.1. The molecular formula is C17H20N2O3. The highest BCUT2D eigenvalue weighted by atomic mass is 16.5. The molecule has 2 aromatic rings. The molecule has 0 saturated carbocycles. The summed E-state index contributed by atoms with van der Waals surface area (Å²) in [6.07, 6.45) is 1.70. The first kappa shape index (κ1) is 15.8. The zero-order chi connectivity index (χ0) is 15.8. The molecule has 0 aliphatic carbocycles. The summed E-state index contributed by atoms with van der Waals surface area (Å²) >= 11 is 0. The lowest BCUT2D eigenvalue weighted by Crippen LogP contribution is -2.24. The van der Waals surface area contributed by atoms with Gasteiger partial charge in [-0.2, -0.15) is 0 Å². The Labute approximate surface area is 130 Å². The highest BCUT2D eigenvalue weighted by Gasteiger charge is 2.14. The van der Waals surface area contributed by atoms with Crippen LogP contribution in [0, 0.1) is 0 Å². The summed E-state index contributed by atoms with van der Waals surface area (Å²) in [7, 11) is 0. The summed E-state index contributed by atoms with van der Waals surface area (Å²) in [5.74, 6) is 0.981. The summed E-state index contributed by atoms with van der Waals surface area (Å²) in [6.45, 7) is 5.19. The van der Waals surface area contributed by atoms with Gasteiger partial charge in [0.25, 0.3) is 5.91 Å². The van der Waals surface area contributed by atoms with Gasteiger partial charge < -0.3 is 14.8 Å². The molecule has 1 amide bonds. The third-order valence-corrected chi connectivity index (χ3v) is 2.96. The Hall–Kier alpha value is -2.56. The zero-order valence-corrected chi connectivity index (χ0v) is 12.8. The largest absolute Gasteiger partial charge is 0.494 e. The fourth-order valence-electron chi connectivity index (χ4n) is 1.99. The number of aromatic nitrogens is 1. The van der Waals surface area contributed by atoms with Gasteiger partial charge in [-0.1, -0.05) is 6.07 Å². The standard InChI is InChI=1S/C17H20N2O3/c1-3-21-14-8-9-16(22-4-2)15(11-14)17(20)19-12-13-7-5-6-10-18-13/h5-11H,3-4,12H2,1-2H3,(H,19,20). The summed E-state index contributed by atoms with van der Waals surface area (Å²) in [5.41, 5.74) is 1.26. The van der Waals surface area contributed by atoms with Gasteiger partial charge in [0.2, 0.25) is 0 Å². The highest BCUT2D eigenvalue weighted by molar-refractivity contribution is 5.97. The number of nitrogens with zero attached hydrogens (tertiary/aromatic N) is 1. The summed E-state index contributed by atoms with van der Waals surface area (Å²) in [5, 5.41) is 2.85. The Morgan fingerprint density at radius 3 is 2.64 bits per heavy atom. The van der Waals surface area contributed by atoms with E-state index in [1.165, 1.54) is 0 Å². The van der Waals surface area contributed by atoms with E-state index in [-0.39, 0.29) is 5.91 Å². The lowest BCUT2D eigenvalue weighted by atomic mass is 10.1. The van der Waals surface area contributed by atoms with Crippen LogP contribution in [-0.4, -0.2) is 24.1 Å². The van der Waals surface area contributed by atoms with Crippen molar-refractivity contribution in [2.75, 3.05) is 13.2 Å². The molecule has 1 aromatic carbocycles. The number of nitrogens with one attached hydrogen (secondary N) is 1. The topological polar surface area (TPSA) is 60.5 Å². The van der Waals surface area contributed by atoms with E-state index in [1.54, 1.807) is 24.4 Å². The molecule has 1 heterocycles. The Kier molecular flexibility index (Phi) is 5.77. The summed E-state index contributed by atoms with van der Waals surface area (Å²) in [6, 6.07) is 10.8. The Bertz CT molecular complexity index is 615. The quantitative estimate of drug-likeness (QED) is 0.854. The fourth-order valence-corrected chi connectivity index (χ4v) is 1.99. The number of ether oxygens (including phenoxy) is 2. The molecule has 22 heavy (non-hydrogen) atoms. The predicted octanol–water partition coefficient (Wildman–Crippen LogP) is 2.81. The average Bonchev–Trinajstić information content (AvgIpc) is 2.55. The van der Waals surface area contributed by atoms with E-state index in [9.17, 15) is 4.79 Å². The number of hydrogen-bond donors (Lipinski definition) is 1. The molecule has 0 atom stereocenters. The Morgan fingerprint density at radius 1 is 1.14 bits per heavy atom. The van der Waals surface area contributed by atoms with Gasteiger partial charge in [0.15, 0.2) is 0 Å². The first-order chi connectivity index (χ1) is 10.7. The van der Waals surface area contributed by atoms with Crippen molar-refractivity contribution in [2.45, 2.75) is 20.4 Å². The van der Waals surface area contributed by atoms with Crippen LogP contribution in [0.1, 0.15) is 29.9 Å². The average molecular weight is 300 g/mol. The number of carbonyl (C=O) groups excluding carboxylic acids is 1. The first-order valence-electron chi connectivity index (χ1n) is 7.32. The minimum Gasteiger partial charge on any atom is -0.494 e. The van der Waals surface area contributed by atoms with E-state index in [1.807, 2.05) is 32.0 Å². The van der Waals surface area contributed by atoms with Gasteiger partial charge in [0.05, 0.1) is 31.0 Å². The van der Waals surface area contributed by atoms with Gasteiger partial charge in [-0.05, 0) is 44.2 Å². The van der Waals surface area contributed by atoms with Gasteiger partial charge in [-0.3, -0.25) is 9.78 Å². The van der Waals surface area contributed by atoms with Crippen LogP contribution in [0.4, 0.5) is 0 Å². The second-order valence-electron chi connectivity index (χ2n) is 4.53. The molecular weight excluding hydrogens is 280 g/mol. The van der Waals surface area contributed by atoms with Crippen LogP contribution in [0.25, 0.3) is 0 Å². The maximum Gasteiger partial charge on any atom is 0.255 e. The second-order valence-corrected chi connectivity index (χ2v) is 4.53. The van der Waals surface area contributed by atoms with Crippen LogP contribution in [0.5, 0.6) is 11.5 Å². The van der Waals surface area contributed by atoms with Crippen molar-refractivity contribution < 1.29 is 14.3 Å². The van der Waals surface area contributed by atoms with Crippen molar-refractivity contribution in [3.63, 3.8) is 0 Å². The number of carbonyl (C=O) groups is 1. The Morgan fingerprint density at radius 2 is 1.95 bits per heavy atom. The van der Waals surface area contributed by atoms with Crippen LogP contribution >= 0.6 is 0 Å². The maximum atomic E-state index is 12.4. The number of hydrogen-bond acceptors (Lipinski definition) is 4. The third-order valence-electron chi connectivity index (χ3n) is 2.96. The van der Waals surface area contributed by atoms with Crippen LogP contribution in [0.2, 0.25) is 0 Å². The van der Waals surface area contributed by atoms with Crippen molar-refractivity contribution in [1.82, 2.24) is 10.3 Å². The lowest BCUT2D eigenvalue weighted by molar-refractivity contribution is 0.0946. The summed E-state index contributed by atoms with van der Waals surface area (Å²) < 4.78 is 11.0. The van der Waals surface area contributed by atoms with Gasteiger partial charge in [0.1, 0.15) is 11.5 Å². The van der Waals surface area contributed by atoms with E-state index in [2.05, 4.69) is 10.3 Å². The molecule has 0 aliphatic rings. The van der Waals surface area contributed by atoms with Crippen molar-refractivity contribution in [1.29, 1.82) is 0 Å². The molecule has 1 aromatic heterocycles. The van der Waals surface area contributed by atoms with E-state index in [0.717, 1.165) is 5.69 Å². The molecule has 0 spiro atoms. The van der Waals surface area contributed by atoms with Crippen LogP contribution < -0.4 is 14.8 Å². The van der Waals surface area contributed by atoms with E-state index >= 15 is 0 Å². The second kappa shape index (κ2) is 8.02. The van der Waals surface area contributed by atoms with E-state index < -0.39 is 0 Å². The summed E-state index contributed by atoms with van der Waals surface area (Å²) in [4.78, 5) is 16.6. The lowest BCUT2D eigenvalue weighted by Gasteiger charge is -2.12. The van der Waals surface area contributed by atoms with Crippen LogP contribution in [0.3, 0.4) is 0 Å². The molecule has 116 valence electrons. The van der Waals surface area contributed by atoms with E-state index in [4.69, 9.17) is 9.47 Å². The van der Waals surface area contributed by atoms with Crippen molar-refractivity contribution >= 4 is 5.91 Å². The van der Waals surface area contributed by atoms with E-state index in [0.29, 0.717) is 36.8 Å². The molecule has 1 N–H and O–H groups in total. The van der Waals surface area contributed by atoms with Crippen molar-refractivity contribution in [2.24, 2.45) is 0 Å². The third kappa shape index (κ3) is 4.22. The number of benzene rings is 1. The molecule has 0 bridgehead atoms. The highest BCUT2D eigenvalue weighted by Crippen LogP contribution is 2.24. The van der Waals surface area contributed by atoms with Crippen molar-refractivity contribution in [3.05, 3.63) is 53.9 Å². The zero-order valence-electron chi connectivity index (χ0n) is 12.8. The molecule has 5 nitrogen and oxygen atoms in total. The molecule has 0 radical (unpaired) electrons. The molecule has 0 unspecified atom stereocenters.